The Bertz CT molecular complexity index is 1380. The number of amides is 1. The molecule has 4 rings (SSSR count). The summed E-state index contributed by atoms with van der Waals surface area (Å²) in [6.45, 7) is 1.91. The van der Waals surface area contributed by atoms with Crippen LogP contribution in [0.2, 0.25) is 5.02 Å². The van der Waals surface area contributed by atoms with Gasteiger partial charge in [0.15, 0.2) is 5.65 Å². The highest BCUT2D eigenvalue weighted by molar-refractivity contribution is 6.32. The van der Waals surface area contributed by atoms with E-state index in [1.165, 1.54) is 18.9 Å². The number of rotatable bonds is 7. The highest BCUT2D eigenvalue weighted by Crippen LogP contribution is 2.35. The molecule has 1 N–H and O–H groups in total. The minimum atomic E-state index is -0.379. The number of anilines is 1. The smallest absolute Gasteiger partial charge is 0.280 e. The molecule has 0 saturated carbocycles. The van der Waals surface area contributed by atoms with Crippen molar-refractivity contribution in [2.45, 2.75) is 19.9 Å². The van der Waals surface area contributed by atoms with Crippen molar-refractivity contribution in [2.75, 3.05) is 19.5 Å². The van der Waals surface area contributed by atoms with Gasteiger partial charge in [-0.2, -0.15) is 0 Å². The highest BCUT2D eigenvalue weighted by atomic mass is 35.5. The summed E-state index contributed by atoms with van der Waals surface area (Å²) in [4.78, 5) is 30.6. The summed E-state index contributed by atoms with van der Waals surface area (Å²) in [5.74, 6) is 0.445. The minimum absolute atomic E-state index is 0.155. The number of aryl methyl sites for hydroxylation is 1. The van der Waals surface area contributed by atoms with Gasteiger partial charge in [-0.05, 0) is 42.3 Å². The number of hydrogen-bond acceptors (Lipinski definition) is 5. The lowest BCUT2D eigenvalue weighted by Gasteiger charge is -2.15. The van der Waals surface area contributed by atoms with Crippen molar-refractivity contribution in [1.29, 1.82) is 0 Å². The summed E-state index contributed by atoms with van der Waals surface area (Å²) in [6, 6.07) is 14.2. The number of ether oxygens (including phenoxy) is 2. The normalized spacial score (nSPS) is 10.9. The Morgan fingerprint density at radius 1 is 1.09 bits per heavy atom. The number of fused-ring (bicyclic) bond motifs is 1. The van der Waals surface area contributed by atoms with Gasteiger partial charge < -0.3 is 14.8 Å². The number of aromatic nitrogens is 3. The molecule has 0 spiro atoms. The predicted octanol–water partition coefficient (Wildman–Crippen LogP) is 4.06. The molecular weight excluding hydrogens is 444 g/mol. The van der Waals surface area contributed by atoms with Crippen LogP contribution in [0.3, 0.4) is 0 Å². The van der Waals surface area contributed by atoms with Crippen LogP contribution in [0.1, 0.15) is 12.5 Å². The van der Waals surface area contributed by atoms with Crippen LogP contribution < -0.4 is 20.3 Å². The third-order valence-corrected chi connectivity index (χ3v) is 5.62. The van der Waals surface area contributed by atoms with Gasteiger partial charge in [0.2, 0.25) is 5.91 Å². The first-order chi connectivity index (χ1) is 16.0. The van der Waals surface area contributed by atoms with Gasteiger partial charge in [-0.25, -0.2) is 9.67 Å². The van der Waals surface area contributed by atoms with Gasteiger partial charge in [0, 0.05) is 12.3 Å². The van der Waals surface area contributed by atoms with E-state index in [9.17, 15) is 9.59 Å². The molecule has 0 radical (unpaired) electrons. The van der Waals surface area contributed by atoms with E-state index in [1.54, 1.807) is 35.1 Å². The summed E-state index contributed by atoms with van der Waals surface area (Å²) in [5, 5.41) is 3.56. The van der Waals surface area contributed by atoms with E-state index in [0.29, 0.717) is 38.9 Å². The summed E-state index contributed by atoms with van der Waals surface area (Å²) >= 11 is 6.22. The van der Waals surface area contributed by atoms with Crippen LogP contribution in [0.4, 0.5) is 5.69 Å². The summed E-state index contributed by atoms with van der Waals surface area (Å²) in [6.07, 6.45) is 2.47. The van der Waals surface area contributed by atoms with Crippen LogP contribution in [0.25, 0.3) is 16.7 Å². The second kappa shape index (κ2) is 9.38. The standard InChI is InChI=1S/C24H23ClN4O4/c1-4-15-7-9-16(10-8-15)29-24(31)17-6-5-11-26-23(17)28(29)14-22(30)27-19-12-18(25)20(32-2)13-21(19)33-3/h5-13H,4,14H2,1-3H3,(H,27,30). The molecule has 0 atom stereocenters. The van der Waals surface area contributed by atoms with Gasteiger partial charge in [0.25, 0.3) is 5.56 Å². The Kier molecular flexibility index (Phi) is 6.37. The van der Waals surface area contributed by atoms with Crippen molar-refractivity contribution >= 4 is 34.2 Å². The Balaban J connectivity index is 1.74. The molecule has 8 nitrogen and oxygen atoms in total. The molecule has 2 aromatic heterocycles. The molecule has 0 bridgehead atoms. The average Bonchev–Trinajstić information content (AvgIpc) is 3.10. The molecular formula is C24H23ClN4O4. The second-order valence-electron chi connectivity index (χ2n) is 7.30. The van der Waals surface area contributed by atoms with Crippen LogP contribution in [0, 0.1) is 0 Å². The second-order valence-corrected chi connectivity index (χ2v) is 7.71. The number of benzene rings is 2. The molecule has 2 aromatic carbocycles. The van der Waals surface area contributed by atoms with Crippen molar-refractivity contribution in [1.82, 2.24) is 14.3 Å². The van der Waals surface area contributed by atoms with Crippen molar-refractivity contribution in [2.24, 2.45) is 0 Å². The lowest BCUT2D eigenvalue weighted by molar-refractivity contribution is -0.117. The topological polar surface area (TPSA) is 87.4 Å². The van der Waals surface area contributed by atoms with Crippen LogP contribution in [0.5, 0.6) is 11.5 Å². The van der Waals surface area contributed by atoms with Crippen molar-refractivity contribution in [3.05, 3.63) is 75.7 Å². The van der Waals surface area contributed by atoms with Crippen molar-refractivity contribution in [3.63, 3.8) is 0 Å². The monoisotopic (exact) mass is 466 g/mol. The highest BCUT2D eigenvalue weighted by Gasteiger charge is 2.19. The number of halogens is 1. The number of pyridine rings is 1. The fourth-order valence-electron chi connectivity index (χ4n) is 3.65. The third-order valence-electron chi connectivity index (χ3n) is 5.33. The first-order valence-electron chi connectivity index (χ1n) is 10.3. The molecule has 4 aromatic rings. The molecule has 0 aliphatic carbocycles. The molecule has 33 heavy (non-hydrogen) atoms. The number of carbonyl (C=O) groups excluding carboxylic acids is 1. The molecule has 170 valence electrons. The maximum Gasteiger partial charge on any atom is 0.280 e. The van der Waals surface area contributed by atoms with E-state index in [4.69, 9.17) is 21.1 Å². The Morgan fingerprint density at radius 3 is 2.48 bits per heavy atom. The zero-order chi connectivity index (χ0) is 23.5. The lowest BCUT2D eigenvalue weighted by Crippen LogP contribution is -2.27. The van der Waals surface area contributed by atoms with E-state index in [1.807, 2.05) is 24.3 Å². The fraction of sp³-hybridized carbons (Fsp3) is 0.208. The molecule has 0 aliphatic heterocycles. The van der Waals surface area contributed by atoms with Crippen LogP contribution in [-0.2, 0) is 17.8 Å². The number of hydrogen-bond donors (Lipinski definition) is 1. The first kappa shape index (κ1) is 22.4. The van der Waals surface area contributed by atoms with E-state index in [0.717, 1.165) is 12.0 Å². The molecule has 0 unspecified atom stereocenters. The molecule has 0 saturated heterocycles. The van der Waals surface area contributed by atoms with Gasteiger partial charge >= 0.3 is 0 Å². The van der Waals surface area contributed by atoms with Crippen molar-refractivity contribution in [3.8, 4) is 17.2 Å². The zero-order valence-corrected chi connectivity index (χ0v) is 19.2. The molecule has 9 heteroatoms. The number of nitrogens with one attached hydrogen (secondary N) is 1. The average molecular weight is 467 g/mol. The Morgan fingerprint density at radius 2 is 1.82 bits per heavy atom. The number of carbonyl (C=O) groups is 1. The predicted molar refractivity (Wildman–Crippen MR) is 128 cm³/mol. The van der Waals surface area contributed by atoms with Crippen LogP contribution in [0.15, 0.2) is 59.5 Å². The molecule has 2 heterocycles. The summed E-state index contributed by atoms with van der Waals surface area (Å²) in [5.41, 5.74) is 2.35. The molecule has 1 amide bonds. The summed E-state index contributed by atoms with van der Waals surface area (Å²) in [7, 11) is 2.98. The van der Waals surface area contributed by atoms with E-state index in [-0.39, 0.29) is 18.0 Å². The lowest BCUT2D eigenvalue weighted by atomic mass is 10.1. The van der Waals surface area contributed by atoms with Gasteiger partial charge in [-0.1, -0.05) is 30.7 Å². The van der Waals surface area contributed by atoms with Gasteiger partial charge in [-0.3, -0.25) is 14.3 Å². The van der Waals surface area contributed by atoms with Crippen LogP contribution in [-0.4, -0.2) is 34.5 Å². The van der Waals surface area contributed by atoms with E-state index in [2.05, 4.69) is 17.2 Å². The number of methoxy groups -OCH3 is 2. The number of nitrogens with zero attached hydrogens (tertiary/aromatic N) is 3. The minimum Gasteiger partial charge on any atom is -0.495 e. The SMILES string of the molecule is CCc1ccc(-n2c(=O)c3cccnc3n2CC(=O)Nc2cc(Cl)c(OC)cc2OC)cc1. The van der Waals surface area contributed by atoms with E-state index < -0.39 is 0 Å². The molecule has 0 aliphatic rings. The Labute approximate surface area is 195 Å². The quantitative estimate of drug-likeness (QED) is 0.444. The first-order valence-corrected chi connectivity index (χ1v) is 10.7. The molecule has 0 fully saturated rings. The maximum absolute atomic E-state index is 13.2. The fourth-order valence-corrected chi connectivity index (χ4v) is 3.89. The van der Waals surface area contributed by atoms with Crippen LogP contribution >= 0.6 is 11.6 Å². The maximum atomic E-state index is 13.2. The van der Waals surface area contributed by atoms with Gasteiger partial charge in [0.05, 0.1) is 36.0 Å². The zero-order valence-electron chi connectivity index (χ0n) is 18.5. The summed E-state index contributed by atoms with van der Waals surface area (Å²) < 4.78 is 13.6. The Hall–Kier alpha value is -3.78. The third kappa shape index (κ3) is 4.29. The van der Waals surface area contributed by atoms with E-state index >= 15 is 0 Å². The van der Waals surface area contributed by atoms with Crippen molar-refractivity contribution < 1.29 is 14.3 Å². The van der Waals surface area contributed by atoms with Gasteiger partial charge in [0.1, 0.15) is 18.0 Å². The van der Waals surface area contributed by atoms with Gasteiger partial charge in [-0.15, -0.1) is 0 Å². The largest absolute Gasteiger partial charge is 0.495 e.